The number of halogens is 2. The van der Waals surface area contributed by atoms with Crippen LogP contribution < -0.4 is 11.1 Å². The third-order valence-corrected chi connectivity index (χ3v) is 4.42. The van der Waals surface area contributed by atoms with E-state index in [0.717, 1.165) is 25.7 Å². The molecule has 0 spiro atoms. The molecule has 24 heavy (non-hydrogen) atoms. The summed E-state index contributed by atoms with van der Waals surface area (Å²) in [7, 11) is 1.60. The van der Waals surface area contributed by atoms with Crippen LogP contribution in [-0.4, -0.2) is 35.8 Å². The molecule has 1 aliphatic rings. The van der Waals surface area contributed by atoms with Gasteiger partial charge >= 0.3 is 0 Å². The smallest absolute Gasteiger partial charge is 0.243 e. The van der Waals surface area contributed by atoms with Gasteiger partial charge in [-0.3, -0.25) is 9.59 Å². The molecule has 2 rings (SSSR count). The topological polar surface area (TPSA) is 75.4 Å². The Morgan fingerprint density at radius 3 is 2.75 bits per heavy atom. The molecule has 7 heteroatoms. The summed E-state index contributed by atoms with van der Waals surface area (Å²) in [5.41, 5.74) is 6.09. The normalized spacial score (nSPS) is 23.1. The summed E-state index contributed by atoms with van der Waals surface area (Å²) in [5, 5.41) is 2.59. The Bertz CT molecular complexity index is 595. The van der Waals surface area contributed by atoms with E-state index in [4.69, 9.17) is 5.73 Å². The lowest BCUT2D eigenvalue weighted by Crippen LogP contribution is -2.53. The molecule has 0 radical (unpaired) electrons. The van der Waals surface area contributed by atoms with Crippen molar-refractivity contribution in [1.29, 1.82) is 0 Å². The Balaban J connectivity index is 0.00000288. The predicted molar refractivity (Wildman–Crippen MR) is 94.5 cm³/mol. The van der Waals surface area contributed by atoms with Gasteiger partial charge in [0.25, 0.3) is 0 Å². The first-order valence-electron chi connectivity index (χ1n) is 7.89. The van der Waals surface area contributed by atoms with E-state index in [1.54, 1.807) is 13.1 Å². The van der Waals surface area contributed by atoms with E-state index in [-0.39, 0.29) is 36.7 Å². The molecule has 0 heterocycles. The fourth-order valence-corrected chi connectivity index (χ4v) is 3.09. The van der Waals surface area contributed by atoms with Crippen molar-refractivity contribution in [2.75, 3.05) is 18.9 Å². The van der Waals surface area contributed by atoms with Crippen molar-refractivity contribution in [2.24, 2.45) is 11.7 Å². The fourth-order valence-electron chi connectivity index (χ4n) is 3.09. The van der Waals surface area contributed by atoms with Crippen LogP contribution in [0.4, 0.5) is 10.1 Å². The van der Waals surface area contributed by atoms with E-state index in [1.807, 2.05) is 6.92 Å². The summed E-state index contributed by atoms with van der Waals surface area (Å²) < 4.78 is 13.1. The second kappa shape index (κ2) is 8.44. The SMILES string of the molecule is CN(CC(=O)Nc1cccc(F)c1)C(=O)C1CCCCC1(C)N.Cl. The lowest BCUT2D eigenvalue weighted by atomic mass is 9.74. The van der Waals surface area contributed by atoms with Gasteiger partial charge in [0, 0.05) is 18.3 Å². The van der Waals surface area contributed by atoms with Crippen LogP contribution in [-0.2, 0) is 9.59 Å². The highest BCUT2D eigenvalue weighted by molar-refractivity contribution is 5.94. The van der Waals surface area contributed by atoms with Crippen molar-refractivity contribution in [3.63, 3.8) is 0 Å². The number of nitrogens with two attached hydrogens (primary N) is 1. The number of anilines is 1. The number of hydrogen-bond donors (Lipinski definition) is 2. The number of carbonyl (C=O) groups excluding carboxylic acids is 2. The summed E-state index contributed by atoms with van der Waals surface area (Å²) in [6.07, 6.45) is 3.57. The highest BCUT2D eigenvalue weighted by Crippen LogP contribution is 2.32. The molecule has 5 nitrogen and oxygen atoms in total. The minimum Gasteiger partial charge on any atom is -0.336 e. The zero-order chi connectivity index (χ0) is 17.0. The van der Waals surface area contributed by atoms with Crippen LogP contribution in [0.1, 0.15) is 32.6 Å². The van der Waals surface area contributed by atoms with Gasteiger partial charge in [-0.15, -0.1) is 12.4 Å². The highest BCUT2D eigenvalue weighted by Gasteiger charge is 2.39. The average Bonchev–Trinajstić information content (AvgIpc) is 2.45. The second-order valence-electron chi connectivity index (χ2n) is 6.56. The van der Waals surface area contributed by atoms with E-state index in [9.17, 15) is 14.0 Å². The predicted octanol–water partition coefficient (Wildman–Crippen LogP) is 2.55. The number of rotatable bonds is 4. The van der Waals surface area contributed by atoms with E-state index in [0.29, 0.717) is 5.69 Å². The van der Waals surface area contributed by atoms with Gasteiger partial charge in [0.05, 0.1) is 12.5 Å². The molecule has 1 aromatic carbocycles. The standard InChI is InChI=1S/C17H24FN3O2.ClH/c1-17(19)9-4-3-8-14(17)16(23)21(2)11-15(22)20-13-7-5-6-12(18)10-13;/h5-7,10,14H,3-4,8-9,11,19H2,1-2H3,(H,20,22);1H. The van der Waals surface area contributed by atoms with Crippen LogP contribution in [0.3, 0.4) is 0 Å². The molecule has 2 amide bonds. The highest BCUT2D eigenvalue weighted by atomic mass is 35.5. The Labute approximate surface area is 148 Å². The summed E-state index contributed by atoms with van der Waals surface area (Å²) in [4.78, 5) is 26.0. The average molecular weight is 358 g/mol. The van der Waals surface area contributed by atoms with Gasteiger partial charge in [0.15, 0.2) is 0 Å². The zero-order valence-electron chi connectivity index (χ0n) is 14.0. The maximum Gasteiger partial charge on any atom is 0.243 e. The van der Waals surface area contributed by atoms with Crippen molar-refractivity contribution in [3.05, 3.63) is 30.1 Å². The molecule has 1 aliphatic carbocycles. The van der Waals surface area contributed by atoms with Gasteiger partial charge in [0.2, 0.25) is 11.8 Å². The quantitative estimate of drug-likeness (QED) is 0.869. The van der Waals surface area contributed by atoms with E-state index < -0.39 is 11.4 Å². The number of nitrogens with zero attached hydrogens (tertiary/aromatic N) is 1. The van der Waals surface area contributed by atoms with E-state index >= 15 is 0 Å². The van der Waals surface area contributed by atoms with Crippen molar-refractivity contribution >= 4 is 29.9 Å². The molecule has 0 saturated heterocycles. The number of amides is 2. The Morgan fingerprint density at radius 2 is 2.12 bits per heavy atom. The monoisotopic (exact) mass is 357 g/mol. The third kappa shape index (κ3) is 5.18. The summed E-state index contributed by atoms with van der Waals surface area (Å²) in [6.45, 7) is 1.82. The molecule has 1 aromatic rings. The van der Waals surface area contributed by atoms with Crippen molar-refractivity contribution in [3.8, 4) is 0 Å². The molecule has 3 N–H and O–H groups in total. The van der Waals surface area contributed by atoms with Crippen LogP contribution in [0.2, 0.25) is 0 Å². The van der Waals surface area contributed by atoms with Gasteiger partial charge in [-0.1, -0.05) is 18.9 Å². The molecular weight excluding hydrogens is 333 g/mol. The Hall–Kier alpha value is -1.66. The summed E-state index contributed by atoms with van der Waals surface area (Å²) in [5.74, 6) is -1.15. The van der Waals surface area contributed by atoms with Crippen molar-refractivity contribution in [1.82, 2.24) is 4.90 Å². The van der Waals surface area contributed by atoms with Gasteiger partial charge in [0.1, 0.15) is 5.82 Å². The van der Waals surface area contributed by atoms with Crippen LogP contribution in [0, 0.1) is 11.7 Å². The van der Waals surface area contributed by atoms with Crippen molar-refractivity contribution in [2.45, 2.75) is 38.1 Å². The molecule has 1 saturated carbocycles. The minimum atomic E-state index is -0.525. The lowest BCUT2D eigenvalue weighted by Gasteiger charge is -2.39. The summed E-state index contributed by atoms with van der Waals surface area (Å²) >= 11 is 0. The Kier molecular flexibility index (Phi) is 7.17. The minimum absolute atomic E-state index is 0. The molecule has 0 aliphatic heterocycles. The molecule has 0 bridgehead atoms. The number of benzene rings is 1. The van der Waals surface area contributed by atoms with Gasteiger partial charge in [-0.05, 0) is 38.0 Å². The first-order valence-corrected chi connectivity index (χ1v) is 7.89. The first-order chi connectivity index (χ1) is 10.8. The van der Waals surface area contributed by atoms with Crippen LogP contribution in [0.15, 0.2) is 24.3 Å². The molecular formula is C17H25ClFN3O2. The van der Waals surface area contributed by atoms with E-state index in [2.05, 4.69) is 5.32 Å². The molecule has 0 aromatic heterocycles. The largest absolute Gasteiger partial charge is 0.336 e. The second-order valence-corrected chi connectivity index (χ2v) is 6.56. The summed E-state index contributed by atoms with van der Waals surface area (Å²) in [6, 6.07) is 5.65. The maximum atomic E-state index is 13.1. The number of nitrogens with one attached hydrogen (secondary N) is 1. The van der Waals surface area contributed by atoms with E-state index in [1.165, 1.54) is 23.1 Å². The van der Waals surface area contributed by atoms with Gasteiger partial charge < -0.3 is 16.0 Å². The van der Waals surface area contributed by atoms with Crippen LogP contribution in [0.25, 0.3) is 0 Å². The molecule has 134 valence electrons. The number of likely N-dealkylation sites (N-methyl/N-ethyl adjacent to an activating group) is 1. The first kappa shape index (κ1) is 20.4. The molecule has 2 atom stereocenters. The molecule has 2 unspecified atom stereocenters. The maximum absolute atomic E-state index is 13.1. The molecule has 1 fully saturated rings. The third-order valence-electron chi connectivity index (χ3n) is 4.42. The fraction of sp³-hybridized carbons (Fsp3) is 0.529. The number of carbonyl (C=O) groups is 2. The van der Waals surface area contributed by atoms with Gasteiger partial charge in [-0.25, -0.2) is 4.39 Å². The van der Waals surface area contributed by atoms with Crippen LogP contribution in [0.5, 0.6) is 0 Å². The van der Waals surface area contributed by atoms with Gasteiger partial charge in [-0.2, -0.15) is 0 Å². The zero-order valence-corrected chi connectivity index (χ0v) is 14.9. The van der Waals surface area contributed by atoms with Crippen LogP contribution >= 0.6 is 12.4 Å². The van der Waals surface area contributed by atoms with Crippen molar-refractivity contribution < 1.29 is 14.0 Å². The lowest BCUT2D eigenvalue weighted by molar-refractivity contribution is -0.139. The Morgan fingerprint density at radius 1 is 1.42 bits per heavy atom. The number of hydrogen-bond acceptors (Lipinski definition) is 3.